The van der Waals surface area contributed by atoms with Gasteiger partial charge in [0.2, 0.25) is 5.91 Å². The summed E-state index contributed by atoms with van der Waals surface area (Å²) in [6.07, 6.45) is 1.32. The Labute approximate surface area is 160 Å². The molecule has 0 radical (unpaired) electrons. The van der Waals surface area contributed by atoms with Crippen molar-refractivity contribution in [1.82, 2.24) is 5.32 Å². The quantitative estimate of drug-likeness (QED) is 0.760. The van der Waals surface area contributed by atoms with Crippen LogP contribution in [-0.4, -0.2) is 25.2 Å². The van der Waals surface area contributed by atoms with E-state index in [4.69, 9.17) is 15.2 Å². The van der Waals surface area contributed by atoms with E-state index in [1.807, 2.05) is 37.3 Å². The van der Waals surface area contributed by atoms with Crippen LogP contribution in [0.1, 0.15) is 23.1 Å². The van der Waals surface area contributed by atoms with Gasteiger partial charge in [-0.25, -0.2) is 0 Å². The Bertz CT molecular complexity index is 728. The van der Waals surface area contributed by atoms with Crippen molar-refractivity contribution in [3.63, 3.8) is 0 Å². The van der Waals surface area contributed by atoms with Crippen LogP contribution in [0.4, 0.5) is 5.69 Å². The van der Waals surface area contributed by atoms with Crippen molar-refractivity contribution >= 4 is 24.0 Å². The van der Waals surface area contributed by atoms with Crippen molar-refractivity contribution in [3.8, 4) is 5.75 Å². The molecule has 0 bridgehead atoms. The summed E-state index contributed by atoms with van der Waals surface area (Å²) in [7, 11) is 0. The first kappa shape index (κ1) is 20.1. The minimum absolute atomic E-state index is 0. The van der Waals surface area contributed by atoms with Crippen LogP contribution in [0.2, 0.25) is 0 Å². The average Bonchev–Trinajstić information content (AvgIpc) is 3.09. The van der Waals surface area contributed by atoms with Gasteiger partial charge in [0.05, 0.1) is 19.6 Å². The number of halogens is 1. The Kier molecular flexibility index (Phi) is 7.30. The third-order valence-corrected chi connectivity index (χ3v) is 4.22. The van der Waals surface area contributed by atoms with E-state index in [0.29, 0.717) is 25.3 Å². The second-order valence-corrected chi connectivity index (χ2v) is 6.41. The van der Waals surface area contributed by atoms with Crippen LogP contribution in [0.5, 0.6) is 5.75 Å². The molecule has 1 fully saturated rings. The molecule has 2 aromatic carbocycles. The zero-order chi connectivity index (χ0) is 17.6. The Morgan fingerprint density at radius 3 is 2.73 bits per heavy atom. The molecule has 1 aliphatic rings. The van der Waals surface area contributed by atoms with Crippen LogP contribution in [-0.2, 0) is 22.5 Å². The lowest BCUT2D eigenvalue weighted by Crippen LogP contribution is -2.25. The molecule has 5 nitrogen and oxygen atoms in total. The highest BCUT2D eigenvalue weighted by atomic mass is 35.5. The molecule has 26 heavy (non-hydrogen) atoms. The zero-order valence-electron chi connectivity index (χ0n) is 14.9. The van der Waals surface area contributed by atoms with Crippen LogP contribution in [0.3, 0.4) is 0 Å². The minimum atomic E-state index is -0.0273. The lowest BCUT2D eigenvalue weighted by Gasteiger charge is -2.17. The Hall–Kier alpha value is -2.24. The topological polar surface area (TPSA) is 73.6 Å². The van der Waals surface area contributed by atoms with Crippen molar-refractivity contribution in [2.75, 3.05) is 18.9 Å². The summed E-state index contributed by atoms with van der Waals surface area (Å²) in [5.74, 6) is 0.795. The summed E-state index contributed by atoms with van der Waals surface area (Å²) >= 11 is 0. The molecule has 3 N–H and O–H groups in total. The highest BCUT2D eigenvalue weighted by Gasteiger charge is 2.19. The molecule has 6 heteroatoms. The number of aryl methyl sites for hydroxylation is 1. The Morgan fingerprint density at radius 2 is 2.04 bits per heavy atom. The molecule has 2 aromatic rings. The first-order valence-corrected chi connectivity index (χ1v) is 8.55. The maximum atomic E-state index is 12.2. The number of hydrogen-bond donors (Lipinski definition) is 2. The summed E-state index contributed by atoms with van der Waals surface area (Å²) in [4.78, 5) is 12.2. The molecule has 0 saturated carbocycles. The van der Waals surface area contributed by atoms with Crippen molar-refractivity contribution in [2.45, 2.75) is 32.4 Å². The lowest BCUT2D eigenvalue weighted by molar-refractivity contribution is -0.120. The molecule has 1 heterocycles. The van der Waals surface area contributed by atoms with E-state index in [2.05, 4.69) is 5.32 Å². The third-order valence-electron chi connectivity index (χ3n) is 4.22. The standard InChI is InChI=1S/C20H24N2O3.ClH/c1-14-2-5-16(19(10-14)25-18-8-9-24-13-18)12-22-20(23)11-15-3-6-17(21)7-4-15;/h2-7,10,18H,8-9,11-13,21H2,1H3,(H,22,23);1H. The molecule has 1 aliphatic heterocycles. The van der Waals surface area contributed by atoms with Gasteiger partial charge in [-0.3, -0.25) is 4.79 Å². The molecule has 1 unspecified atom stereocenters. The maximum Gasteiger partial charge on any atom is 0.224 e. The minimum Gasteiger partial charge on any atom is -0.488 e. The molecule has 1 saturated heterocycles. The SMILES string of the molecule is Cc1ccc(CNC(=O)Cc2ccc(N)cc2)c(OC2CCOC2)c1.Cl. The van der Waals surface area contributed by atoms with Gasteiger partial charge in [-0.1, -0.05) is 24.3 Å². The van der Waals surface area contributed by atoms with Gasteiger partial charge in [0.1, 0.15) is 11.9 Å². The molecule has 0 aromatic heterocycles. The van der Waals surface area contributed by atoms with Gasteiger partial charge in [0.25, 0.3) is 0 Å². The predicted octanol–water partition coefficient (Wildman–Crippen LogP) is 3.03. The fourth-order valence-corrected chi connectivity index (χ4v) is 2.78. The number of hydrogen-bond acceptors (Lipinski definition) is 4. The number of nitrogens with one attached hydrogen (secondary N) is 1. The Morgan fingerprint density at radius 1 is 1.27 bits per heavy atom. The summed E-state index contributed by atoms with van der Waals surface area (Å²) in [6, 6.07) is 13.4. The summed E-state index contributed by atoms with van der Waals surface area (Å²) in [5.41, 5.74) is 9.41. The number of benzene rings is 2. The molecule has 1 amide bonds. The highest BCUT2D eigenvalue weighted by molar-refractivity contribution is 5.85. The predicted molar refractivity (Wildman–Crippen MR) is 105 cm³/mol. The maximum absolute atomic E-state index is 12.2. The van der Waals surface area contributed by atoms with Gasteiger partial charge in [-0.15, -0.1) is 12.4 Å². The van der Waals surface area contributed by atoms with Crippen molar-refractivity contribution < 1.29 is 14.3 Å². The summed E-state index contributed by atoms with van der Waals surface area (Å²) in [6.45, 7) is 3.83. The van der Waals surface area contributed by atoms with Crippen molar-refractivity contribution in [2.24, 2.45) is 0 Å². The first-order valence-electron chi connectivity index (χ1n) is 8.55. The number of amides is 1. The fraction of sp³-hybridized carbons (Fsp3) is 0.350. The molecule has 0 aliphatic carbocycles. The van der Waals surface area contributed by atoms with E-state index in [-0.39, 0.29) is 24.4 Å². The molecular weight excluding hydrogens is 352 g/mol. The van der Waals surface area contributed by atoms with E-state index in [1.54, 1.807) is 12.1 Å². The normalized spacial score (nSPS) is 16.0. The average molecular weight is 377 g/mol. The molecule has 140 valence electrons. The number of anilines is 1. The van der Waals surface area contributed by atoms with Gasteiger partial charge in [-0.05, 0) is 36.2 Å². The number of rotatable bonds is 6. The van der Waals surface area contributed by atoms with Crippen molar-refractivity contribution in [1.29, 1.82) is 0 Å². The number of ether oxygens (including phenoxy) is 2. The first-order chi connectivity index (χ1) is 12.1. The van der Waals surface area contributed by atoms with Gasteiger partial charge in [0.15, 0.2) is 0 Å². The molecule has 1 atom stereocenters. The van der Waals surface area contributed by atoms with Crippen LogP contribution in [0.25, 0.3) is 0 Å². The fourth-order valence-electron chi connectivity index (χ4n) is 2.78. The molecular formula is C20H25ClN2O3. The Balaban J connectivity index is 0.00000243. The second kappa shape index (κ2) is 9.46. The number of nitrogen functional groups attached to an aromatic ring is 1. The largest absolute Gasteiger partial charge is 0.488 e. The van der Waals surface area contributed by atoms with Gasteiger partial charge < -0.3 is 20.5 Å². The van der Waals surface area contributed by atoms with E-state index >= 15 is 0 Å². The molecule has 3 rings (SSSR count). The number of carbonyl (C=O) groups excluding carboxylic acids is 1. The van der Waals surface area contributed by atoms with E-state index in [9.17, 15) is 4.79 Å². The third kappa shape index (κ3) is 5.64. The van der Waals surface area contributed by atoms with Gasteiger partial charge >= 0.3 is 0 Å². The number of nitrogens with two attached hydrogens (primary N) is 1. The summed E-state index contributed by atoms with van der Waals surface area (Å²) < 4.78 is 11.4. The van der Waals surface area contributed by atoms with Gasteiger partial charge in [0, 0.05) is 24.2 Å². The molecule has 0 spiro atoms. The van der Waals surface area contributed by atoms with E-state index in [0.717, 1.165) is 35.5 Å². The second-order valence-electron chi connectivity index (χ2n) is 6.41. The van der Waals surface area contributed by atoms with Gasteiger partial charge in [-0.2, -0.15) is 0 Å². The van der Waals surface area contributed by atoms with E-state index < -0.39 is 0 Å². The number of carbonyl (C=O) groups is 1. The monoisotopic (exact) mass is 376 g/mol. The van der Waals surface area contributed by atoms with Crippen LogP contribution in [0.15, 0.2) is 42.5 Å². The van der Waals surface area contributed by atoms with Crippen molar-refractivity contribution in [3.05, 3.63) is 59.2 Å². The lowest BCUT2D eigenvalue weighted by atomic mass is 10.1. The van der Waals surface area contributed by atoms with Crippen LogP contribution < -0.4 is 15.8 Å². The zero-order valence-corrected chi connectivity index (χ0v) is 15.7. The summed E-state index contributed by atoms with van der Waals surface area (Å²) in [5, 5.41) is 2.97. The van der Waals surface area contributed by atoms with Crippen LogP contribution in [0, 0.1) is 6.92 Å². The highest BCUT2D eigenvalue weighted by Crippen LogP contribution is 2.23. The van der Waals surface area contributed by atoms with E-state index in [1.165, 1.54) is 0 Å². The smallest absolute Gasteiger partial charge is 0.224 e. The van der Waals surface area contributed by atoms with Crippen LogP contribution >= 0.6 is 12.4 Å².